The van der Waals surface area contributed by atoms with E-state index in [1.807, 2.05) is 6.07 Å². The smallest absolute Gasteiger partial charge is 0.256 e. The minimum absolute atomic E-state index is 0.0351. The van der Waals surface area contributed by atoms with Gasteiger partial charge in [0.2, 0.25) is 5.56 Å². The van der Waals surface area contributed by atoms with Crippen LogP contribution >= 0.6 is 0 Å². The summed E-state index contributed by atoms with van der Waals surface area (Å²) in [6.07, 6.45) is 0.576. The van der Waals surface area contributed by atoms with Crippen LogP contribution in [0.15, 0.2) is 59.4 Å². The molecule has 1 aliphatic rings. The molecule has 2 aromatic carbocycles. The number of benzene rings is 2. The lowest BCUT2D eigenvalue weighted by molar-refractivity contribution is 0.0717. The van der Waals surface area contributed by atoms with E-state index in [2.05, 4.69) is 4.98 Å². The summed E-state index contributed by atoms with van der Waals surface area (Å²) in [6, 6.07) is 14.4. The van der Waals surface area contributed by atoms with Gasteiger partial charge in [-0.1, -0.05) is 30.3 Å². The molecule has 148 valence electrons. The summed E-state index contributed by atoms with van der Waals surface area (Å²) in [6.45, 7) is 1.52. The monoisotopic (exact) mass is 393 g/mol. The molecule has 1 N–H and O–H groups in total. The van der Waals surface area contributed by atoms with Crippen molar-refractivity contribution in [3.8, 4) is 0 Å². The zero-order valence-corrected chi connectivity index (χ0v) is 15.7. The zero-order valence-electron chi connectivity index (χ0n) is 15.7. The maximum Gasteiger partial charge on any atom is 0.256 e. The molecule has 2 amide bonds. The van der Waals surface area contributed by atoms with E-state index in [-0.39, 0.29) is 22.9 Å². The second kappa shape index (κ2) is 7.87. The molecular weight excluding hydrogens is 373 g/mol. The van der Waals surface area contributed by atoms with E-state index >= 15 is 0 Å². The number of para-hydroxylation sites is 1. The Morgan fingerprint density at radius 3 is 2.17 bits per heavy atom. The molecule has 0 bridgehead atoms. The third kappa shape index (κ3) is 3.76. The number of rotatable bonds is 2. The van der Waals surface area contributed by atoms with E-state index in [0.29, 0.717) is 49.1 Å². The Balaban J connectivity index is 1.55. The molecule has 3 aromatic rings. The number of nitrogens with one attached hydrogen (secondary N) is 1. The first kappa shape index (κ1) is 18.9. The first-order chi connectivity index (χ1) is 14.0. The molecule has 0 radical (unpaired) electrons. The zero-order chi connectivity index (χ0) is 20.4. The topological polar surface area (TPSA) is 73.5 Å². The van der Waals surface area contributed by atoms with E-state index in [0.717, 1.165) is 0 Å². The van der Waals surface area contributed by atoms with Crippen molar-refractivity contribution in [2.75, 3.05) is 26.2 Å². The molecule has 1 aromatic heterocycles. The number of fused-ring (bicyclic) bond motifs is 1. The van der Waals surface area contributed by atoms with Crippen LogP contribution in [0.2, 0.25) is 0 Å². The van der Waals surface area contributed by atoms with E-state index in [1.54, 1.807) is 40.1 Å². The van der Waals surface area contributed by atoms with Crippen molar-refractivity contribution in [1.82, 2.24) is 14.8 Å². The van der Waals surface area contributed by atoms with Crippen molar-refractivity contribution in [2.45, 2.75) is 6.42 Å². The highest BCUT2D eigenvalue weighted by atomic mass is 19.1. The molecule has 7 heteroatoms. The molecule has 29 heavy (non-hydrogen) atoms. The van der Waals surface area contributed by atoms with Crippen molar-refractivity contribution in [3.63, 3.8) is 0 Å². The van der Waals surface area contributed by atoms with Crippen molar-refractivity contribution in [3.05, 3.63) is 81.9 Å². The molecule has 0 aliphatic carbocycles. The van der Waals surface area contributed by atoms with Crippen LogP contribution in [0.5, 0.6) is 0 Å². The number of carbonyl (C=O) groups is 2. The average molecular weight is 393 g/mol. The van der Waals surface area contributed by atoms with Crippen LogP contribution in [-0.4, -0.2) is 52.8 Å². The van der Waals surface area contributed by atoms with Gasteiger partial charge >= 0.3 is 0 Å². The SMILES string of the molecule is O=C(c1ccccc1F)N1CCCN(C(=O)c2cc(=O)[nH]c3ccccc23)CC1. The highest BCUT2D eigenvalue weighted by molar-refractivity contribution is 6.06. The number of carbonyl (C=O) groups excluding carboxylic acids is 2. The van der Waals surface area contributed by atoms with E-state index in [1.165, 1.54) is 18.2 Å². The molecular formula is C22H20FN3O3. The Morgan fingerprint density at radius 1 is 0.828 bits per heavy atom. The van der Waals surface area contributed by atoms with Gasteiger partial charge in [0.05, 0.1) is 11.1 Å². The molecule has 0 spiro atoms. The Kier molecular flexibility index (Phi) is 5.12. The Labute approximate surface area is 166 Å². The second-order valence-electron chi connectivity index (χ2n) is 7.01. The summed E-state index contributed by atoms with van der Waals surface area (Å²) in [4.78, 5) is 43.7. The summed E-state index contributed by atoms with van der Waals surface area (Å²) in [7, 11) is 0. The number of H-pyrrole nitrogens is 1. The summed E-state index contributed by atoms with van der Waals surface area (Å²) in [5, 5.41) is 0.681. The lowest BCUT2D eigenvalue weighted by Gasteiger charge is -2.23. The van der Waals surface area contributed by atoms with Gasteiger partial charge in [-0.15, -0.1) is 0 Å². The third-order valence-corrected chi connectivity index (χ3v) is 5.16. The standard InChI is InChI=1S/C22H20FN3O3/c23-18-8-3-1-7-16(18)21(28)25-10-5-11-26(13-12-25)22(29)17-14-20(27)24-19-9-4-2-6-15(17)19/h1-4,6-9,14H,5,10-13H2,(H,24,27). The first-order valence-electron chi connectivity index (χ1n) is 9.50. The number of nitrogens with zero attached hydrogens (tertiary/aromatic N) is 2. The maximum atomic E-state index is 14.0. The molecule has 0 atom stereocenters. The lowest BCUT2D eigenvalue weighted by Crippen LogP contribution is -2.38. The average Bonchev–Trinajstić information content (AvgIpc) is 2.99. The Hall–Kier alpha value is -3.48. The van der Waals surface area contributed by atoms with Gasteiger partial charge < -0.3 is 14.8 Å². The van der Waals surface area contributed by atoms with Crippen LogP contribution in [-0.2, 0) is 0 Å². The fourth-order valence-corrected chi connectivity index (χ4v) is 3.68. The minimum atomic E-state index is -0.551. The first-order valence-corrected chi connectivity index (χ1v) is 9.50. The van der Waals surface area contributed by atoms with Gasteiger partial charge in [-0.25, -0.2) is 4.39 Å². The molecule has 1 saturated heterocycles. The predicted molar refractivity (Wildman–Crippen MR) is 107 cm³/mol. The van der Waals surface area contributed by atoms with Gasteiger partial charge in [0, 0.05) is 43.1 Å². The minimum Gasteiger partial charge on any atom is -0.337 e. The highest BCUT2D eigenvalue weighted by Crippen LogP contribution is 2.18. The summed E-state index contributed by atoms with van der Waals surface area (Å²) in [5.74, 6) is -1.17. The van der Waals surface area contributed by atoms with Crippen molar-refractivity contribution in [1.29, 1.82) is 0 Å². The van der Waals surface area contributed by atoms with Gasteiger partial charge in [0.15, 0.2) is 0 Å². The second-order valence-corrected chi connectivity index (χ2v) is 7.01. The number of amides is 2. The van der Waals surface area contributed by atoms with E-state index < -0.39 is 5.82 Å². The molecule has 4 rings (SSSR count). The fourth-order valence-electron chi connectivity index (χ4n) is 3.68. The Morgan fingerprint density at radius 2 is 1.45 bits per heavy atom. The normalized spacial score (nSPS) is 14.7. The fraction of sp³-hybridized carbons (Fsp3) is 0.227. The third-order valence-electron chi connectivity index (χ3n) is 5.16. The number of hydrogen-bond donors (Lipinski definition) is 1. The number of aromatic amines is 1. The molecule has 2 heterocycles. The number of hydrogen-bond acceptors (Lipinski definition) is 3. The van der Waals surface area contributed by atoms with Gasteiger partial charge in [-0.05, 0) is 24.6 Å². The molecule has 0 unspecified atom stereocenters. The quantitative estimate of drug-likeness (QED) is 0.728. The van der Waals surface area contributed by atoms with Gasteiger partial charge in [0.1, 0.15) is 5.82 Å². The summed E-state index contributed by atoms with van der Waals surface area (Å²) in [5.41, 5.74) is 0.652. The lowest BCUT2D eigenvalue weighted by atomic mass is 10.1. The number of pyridine rings is 1. The van der Waals surface area contributed by atoms with Crippen LogP contribution in [0.3, 0.4) is 0 Å². The van der Waals surface area contributed by atoms with E-state index in [9.17, 15) is 18.8 Å². The molecule has 1 aliphatic heterocycles. The predicted octanol–water partition coefficient (Wildman–Crippen LogP) is 2.66. The van der Waals surface area contributed by atoms with Crippen LogP contribution < -0.4 is 5.56 Å². The summed E-state index contributed by atoms with van der Waals surface area (Å²) < 4.78 is 14.0. The molecule has 1 fully saturated rings. The highest BCUT2D eigenvalue weighted by Gasteiger charge is 2.25. The van der Waals surface area contributed by atoms with Crippen molar-refractivity contribution in [2.24, 2.45) is 0 Å². The van der Waals surface area contributed by atoms with Crippen LogP contribution in [0.25, 0.3) is 10.9 Å². The van der Waals surface area contributed by atoms with Crippen molar-refractivity contribution < 1.29 is 14.0 Å². The van der Waals surface area contributed by atoms with Crippen LogP contribution in [0.1, 0.15) is 27.1 Å². The Bertz CT molecular complexity index is 1140. The van der Waals surface area contributed by atoms with E-state index in [4.69, 9.17) is 0 Å². The molecule has 6 nitrogen and oxygen atoms in total. The van der Waals surface area contributed by atoms with Crippen LogP contribution in [0, 0.1) is 5.82 Å². The van der Waals surface area contributed by atoms with Crippen LogP contribution in [0.4, 0.5) is 4.39 Å². The molecule has 0 saturated carbocycles. The number of halogens is 1. The largest absolute Gasteiger partial charge is 0.337 e. The van der Waals surface area contributed by atoms with Gasteiger partial charge in [-0.2, -0.15) is 0 Å². The van der Waals surface area contributed by atoms with Gasteiger partial charge in [-0.3, -0.25) is 14.4 Å². The van der Waals surface area contributed by atoms with Crippen molar-refractivity contribution >= 4 is 22.7 Å². The maximum absolute atomic E-state index is 14.0. The number of aromatic nitrogens is 1. The van der Waals surface area contributed by atoms with Gasteiger partial charge in [0.25, 0.3) is 11.8 Å². The summed E-state index contributed by atoms with van der Waals surface area (Å²) >= 11 is 0.